The van der Waals surface area contributed by atoms with Crippen LogP contribution in [-0.4, -0.2) is 31.0 Å². The van der Waals surface area contributed by atoms with Gasteiger partial charge in [-0.25, -0.2) is 19.7 Å². The number of nitrogens with zero attached hydrogens (tertiary/aromatic N) is 4. The van der Waals surface area contributed by atoms with Gasteiger partial charge in [-0.3, -0.25) is 0 Å². The van der Waals surface area contributed by atoms with Crippen LogP contribution in [-0.2, 0) is 0 Å². The van der Waals surface area contributed by atoms with E-state index in [1.54, 1.807) is 30.5 Å². The summed E-state index contributed by atoms with van der Waals surface area (Å²) >= 11 is 0. The Bertz CT molecular complexity index is 1290. The Morgan fingerprint density at radius 1 is 1.27 bits per heavy atom. The predicted octanol–water partition coefficient (Wildman–Crippen LogP) is 4.07. The summed E-state index contributed by atoms with van der Waals surface area (Å²) in [6.07, 6.45) is 3.18. The Hall–Kier alpha value is -4.25. The number of anilines is 1. The summed E-state index contributed by atoms with van der Waals surface area (Å²) in [5.74, 6) is -1.00. The average molecular weight is 398 g/mol. The fourth-order valence-electron chi connectivity index (χ4n) is 3.42. The molecule has 4 rings (SSSR count). The molecule has 8 nitrogen and oxygen atoms in total. The third kappa shape index (κ3) is 3.44. The molecule has 2 aromatic carbocycles. The number of nitrogens with one attached hydrogen (secondary N) is 2. The van der Waals surface area contributed by atoms with Crippen molar-refractivity contribution in [2.75, 3.05) is 5.32 Å². The number of aromatic nitrogens is 4. The monoisotopic (exact) mass is 398 g/mol. The molecule has 0 fully saturated rings. The van der Waals surface area contributed by atoms with Gasteiger partial charge in [0.25, 0.3) is 0 Å². The highest BCUT2D eigenvalue weighted by Gasteiger charge is 2.19. The molecule has 0 aliphatic carbocycles. The van der Waals surface area contributed by atoms with Crippen LogP contribution in [0, 0.1) is 18.3 Å². The van der Waals surface area contributed by atoms with E-state index >= 15 is 0 Å². The van der Waals surface area contributed by atoms with Crippen LogP contribution in [0.5, 0.6) is 0 Å². The number of H-pyrrole nitrogens is 1. The number of nitriles is 1. The van der Waals surface area contributed by atoms with Crippen molar-refractivity contribution in [1.29, 1.82) is 5.26 Å². The number of aryl methyl sites for hydroxylation is 1. The number of carboxylic acid groups (broad SMARTS) is 1. The quantitative estimate of drug-likeness (QED) is 0.462. The lowest BCUT2D eigenvalue weighted by Gasteiger charge is -2.19. The van der Waals surface area contributed by atoms with E-state index in [-0.39, 0.29) is 17.3 Å². The van der Waals surface area contributed by atoms with Crippen molar-refractivity contribution in [2.24, 2.45) is 0 Å². The van der Waals surface area contributed by atoms with Gasteiger partial charge >= 0.3 is 5.97 Å². The minimum absolute atomic E-state index is 0.191. The Kier molecular flexibility index (Phi) is 4.86. The lowest BCUT2D eigenvalue weighted by molar-refractivity contribution is 0.0698. The first-order valence-corrected chi connectivity index (χ1v) is 9.28. The molecule has 0 saturated heterocycles. The minimum atomic E-state index is -1.00. The highest BCUT2D eigenvalue weighted by molar-refractivity contribution is 5.94. The lowest BCUT2D eigenvalue weighted by atomic mass is 10.0. The normalized spacial score (nSPS) is 11.8. The molecule has 2 heterocycles. The van der Waals surface area contributed by atoms with Crippen LogP contribution < -0.4 is 5.32 Å². The highest BCUT2D eigenvalue weighted by Crippen LogP contribution is 2.30. The number of rotatable bonds is 5. The number of para-hydroxylation sites is 1. The van der Waals surface area contributed by atoms with Gasteiger partial charge in [0.1, 0.15) is 17.5 Å². The van der Waals surface area contributed by atoms with E-state index in [0.29, 0.717) is 28.1 Å². The van der Waals surface area contributed by atoms with Gasteiger partial charge < -0.3 is 15.4 Å². The average Bonchev–Trinajstić information content (AvgIpc) is 3.27. The number of fused-ring (bicyclic) bond motifs is 1. The SMILES string of the molecule is Cc1cc([C@@H](C)Nc2ccccc2C(=O)O)c2nc(-c3c[nH]cn3)c(C#N)nc2c1. The van der Waals surface area contributed by atoms with Gasteiger partial charge in [0.05, 0.1) is 29.0 Å². The van der Waals surface area contributed by atoms with Gasteiger partial charge in [-0.1, -0.05) is 18.2 Å². The molecule has 0 unspecified atom stereocenters. The number of hydrogen-bond acceptors (Lipinski definition) is 6. The van der Waals surface area contributed by atoms with Gasteiger partial charge in [0, 0.05) is 17.4 Å². The number of imidazole rings is 1. The van der Waals surface area contributed by atoms with Gasteiger partial charge in [-0.15, -0.1) is 0 Å². The van der Waals surface area contributed by atoms with Gasteiger partial charge in [-0.05, 0) is 37.6 Å². The van der Waals surface area contributed by atoms with Crippen LogP contribution in [0.3, 0.4) is 0 Å². The third-order valence-corrected chi connectivity index (χ3v) is 4.79. The molecule has 2 aromatic heterocycles. The lowest BCUT2D eigenvalue weighted by Crippen LogP contribution is -2.12. The zero-order valence-electron chi connectivity index (χ0n) is 16.3. The molecule has 30 heavy (non-hydrogen) atoms. The fraction of sp³-hybridized carbons (Fsp3) is 0.136. The van der Waals surface area contributed by atoms with Gasteiger partial charge in [0.15, 0.2) is 5.69 Å². The second kappa shape index (κ2) is 7.64. The number of aromatic amines is 1. The first kappa shape index (κ1) is 19.1. The van der Waals surface area contributed by atoms with Crippen molar-refractivity contribution in [3.8, 4) is 17.5 Å². The Morgan fingerprint density at radius 2 is 2.07 bits per heavy atom. The van der Waals surface area contributed by atoms with Crippen molar-refractivity contribution >= 4 is 22.7 Å². The van der Waals surface area contributed by atoms with E-state index in [1.165, 1.54) is 6.33 Å². The second-order valence-electron chi connectivity index (χ2n) is 6.93. The van der Waals surface area contributed by atoms with Crippen molar-refractivity contribution in [3.05, 3.63) is 71.3 Å². The smallest absolute Gasteiger partial charge is 0.337 e. The molecule has 4 aromatic rings. The zero-order valence-corrected chi connectivity index (χ0v) is 16.3. The second-order valence-corrected chi connectivity index (χ2v) is 6.93. The zero-order chi connectivity index (χ0) is 21.3. The van der Waals surface area contributed by atoms with Crippen molar-refractivity contribution in [2.45, 2.75) is 19.9 Å². The summed E-state index contributed by atoms with van der Waals surface area (Å²) in [6, 6.07) is 12.4. The molecule has 3 N–H and O–H groups in total. The van der Waals surface area contributed by atoms with Crippen LogP contribution in [0.4, 0.5) is 5.69 Å². The fourth-order valence-corrected chi connectivity index (χ4v) is 3.42. The maximum absolute atomic E-state index is 11.5. The molecule has 0 aliphatic heterocycles. The van der Waals surface area contributed by atoms with E-state index in [0.717, 1.165) is 11.1 Å². The third-order valence-electron chi connectivity index (χ3n) is 4.79. The predicted molar refractivity (Wildman–Crippen MR) is 112 cm³/mol. The number of benzene rings is 2. The van der Waals surface area contributed by atoms with E-state index in [1.807, 2.05) is 26.0 Å². The molecule has 0 aliphatic rings. The largest absolute Gasteiger partial charge is 0.478 e. The Balaban J connectivity index is 1.85. The molecule has 1 atom stereocenters. The molecule has 0 bridgehead atoms. The van der Waals surface area contributed by atoms with Crippen molar-refractivity contribution < 1.29 is 9.90 Å². The maximum atomic E-state index is 11.5. The molecular formula is C22H18N6O2. The van der Waals surface area contributed by atoms with E-state index in [2.05, 4.69) is 26.3 Å². The van der Waals surface area contributed by atoms with Crippen LogP contribution >= 0.6 is 0 Å². The summed E-state index contributed by atoms with van der Waals surface area (Å²) in [6.45, 7) is 3.87. The number of carbonyl (C=O) groups is 1. The molecule has 8 heteroatoms. The van der Waals surface area contributed by atoms with E-state index in [9.17, 15) is 15.2 Å². The van der Waals surface area contributed by atoms with Crippen LogP contribution in [0.25, 0.3) is 22.4 Å². The first-order valence-electron chi connectivity index (χ1n) is 9.28. The molecule has 0 saturated carbocycles. The van der Waals surface area contributed by atoms with E-state index in [4.69, 9.17) is 4.98 Å². The van der Waals surface area contributed by atoms with Crippen LogP contribution in [0.15, 0.2) is 48.9 Å². The topological polar surface area (TPSA) is 128 Å². The standard InChI is InChI=1S/C22H18N6O2/c1-12-7-15(13(2)26-16-6-4-3-5-14(16)22(29)30)20-17(8-12)27-18(9-23)21(28-20)19-10-24-11-25-19/h3-8,10-11,13,26H,1-2H3,(H,24,25)(H,29,30)/t13-/m1/s1. The summed E-state index contributed by atoms with van der Waals surface area (Å²) in [4.78, 5) is 27.9. The van der Waals surface area contributed by atoms with Crippen LogP contribution in [0.2, 0.25) is 0 Å². The molecular weight excluding hydrogens is 380 g/mol. The maximum Gasteiger partial charge on any atom is 0.337 e. The Morgan fingerprint density at radius 3 is 2.77 bits per heavy atom. The van der Waals surface area contributed by atoms with Gasteiger partial charge in [0.2, 0.25) is 0 Å². The summed E-state index contributed by atoms with van der Waals surface area (Å²) in [7, 11) is 0. The van der Waals surface area contributed by atoms with Crippen molar-refractivity contribution in [1.82, 2.24) is 19.9 Å². The minimum Gasteiger partial charge on any atom is -0.478 e. The van der Waals surface area contributed by atoms with Crippen LogP contribution in [0.1, 0.15) is 40.1 Å². The summed E-state index contributed by atoms with van der Waals surface area (Å²) in [5.41, 5.74) is 4.87. The summed E-state index contributed by atoms with van der Waals surface area (Å²) in [5, 5.41) is 22.3. The molecule has 0 spiro atoms. The Labute approximate surface area is 172 Å². The van der Waals surface area contributed by atoms with Gasteiger partial charge in [-0.2, -0.15) is 5.26 Å². The number of carboxylic acids is 1. The number of hydrogen-bond donors (Lipinski definition) is 3. The molecule has 0 radical (unpaired) electrons. The number of aromatic carboxylic acids is 1. The van der Waals surface area contributed by atoms with Crippen molar-refractivity contribution in [3.63, 3.8) is 0 Å². The highest BCUT2D eigenvalue weighted by atomic mass is 16.4. The first-order chi connectivity index (χ1) is 14.5. The molecule has 0 amide bonds. The molecule has 148 valence electrons. The summed E-state index contributed by atoms with van der Waals surface area (Å²) < 4.78 is 0. The van der Waals surface area contributed by atoms with E-state index < -0.39 is 5.97 Å².